The van der Waals surface area contributed by atoms with Crippen LogP contribution in [0.2, 0.25) is 5.02 Å². The number of amides is 1. The van der Waals surface area contributed by atoms with E-state index in [4.69, 9.17) is 16.3 Å². The highest BCUT2D eigenvalue weighted by atomic mass is 35.5. The van der Waals surface area contributed by atoms with Crippen LogP contribution in [0.3, 0.4) is 0 Å². The van der Waals surface area contributed by atoms with Crippen molar-refractivity contribution in [2.75, 3.05) is 6.61 Å². The lowest BCUT2D eigenvalue weighted by atomic mass is 10.0. The van der Waals surface area contributed by atoms with Gasteiger partial charge in [0, 0.05) is 9.92 Å². The predicted octanol–water partition coefficient (Wildman–Crippen LogP) is 4.02. The second-order valence-electron chi connectivity index (χ2n) is 6.67. The van der Waals surface area contributed by atoms with E-state index in [2.05, 4.69) is 20.5 Å². The molecule has 0 bridgehead atoms. The van der Waals surface area contributed by atoms with Crippen molar-refractivity contribution in [2.45, 2.75) is 50.3 Å². The fourth-order valence-corrected chi connectivity index (χ4v) is 3.49. The van der Waals surface area contributed by atoms with Crippen molar-refractivity contribution in [2.24, 2.45) is 5.92 Å². The number of hydrogen-bond acceptors (Lipinski definition) is 6. The summed E-state index contributed by atoms with van der Waals surface area (Å²) in [5.74, 6) is -0.0103. The number of hydrogen-bond donors (Lipinski definition) is 2. The highest BCUT2D eigenvalue weighted by Crippen LogP contribution is 2.26. The smallest absolute Gasteiger partial charge is 0.378 e. The van der Waals surface area contributed by atoms with Gasteiger partial charge in [-0.05, 0) is 50.5 Å². The van der Waals surface area contributed by atoms with Crippen LogP contribution in [0.5, 0.6) is 0 Å². The molecule has 28 heavy (non-hydrogen) atoms. The normalized spacial score (nSPS) is 13.2. The van der Waals surface area contributed by atoms with E-state index in [1.807, 2.05) is 32.9 Å². The Bertz CT molecular complexity index is 795. The molecule has 1 heterocycles. The molecule has 1 aromatic heterocycles. The number of thioether (sulfide) groups is 1. The number of esters is 1. The first-order valence-corrected chi connectivity index (χ1v) is 10.4. The van der Waals surface area contributed by atoms with Gasteiger partial charge in [0.15, 0.2) is 0 Å². The monoisotopic (exact) mass is 424 g/mol. The van der Waals surface area contributed by atoms with Crippen molar-refractivity contribution < 1.29 is 14.3 Å². The molecule has 2 rings (SSSR count). The molecule has 0 radical (unpaired) electrons. The van der Waals surface area contributed by atoms with E-state index >= 15 is 0 Å². The first kappa shape index (κ1) is 22.2. The molecule has 2 aromatic rings. The molecular formula is C19H25ClN4O3S. The highest BCUT2D eigenvalue weighted by molar-refractivity contribution is 8.00. The van der Waals surface area contributed by atoms with E-state index in [1.54, 1.807) is 19.1 Å². The van der Waals surface area contributed by atoms with Crippen molar-refractivity contribution in [3.63, 3.8) is 0 Å². The minimum Gasteiger partial charge on any atom is -0.460 e. The Balaban J connectivity index is 2.07. The summed E-state index contributed by atoms with van der Waals surface area (Å²) in [5, 5.41) is 10.0. The van der Waals surface area contributed by atoms with Gasteiger partial charge in [-0.1, -0.05) is 25.4 Å². The van der Waals surface area contributed by atoms with E-state index in [9.17, 15) is 9.59 Å². The summed E-state index contributed by atoms with van der Waals surface area (Å²) in [6.45, 7) is 7.90. The third kappa shape index (κ3) is 6.53. The fourth-order valence-electron chi connectivity index (χ4n) is 2.49. The topological polar surface area (TPSA) is 97.0 Å². The summed E-state index contributed by atoms with van der Waals surface area (Å²) in [5.41, 5.74) is 0. The van der Waals surface area contributed by atoms with E-state index < -0.39 is 5.97 Å². The standard InChI is InChI=1S/C19H25ClN4O3S/c1-5-27-19(26)17-22-16(23-24-17)15(10-11(2)3)21-18(25)12(4)28-14-8-6-13(20)7-9-14/h6-9,11-12,15H,5,10H2,1-4H3,(H,21,25)(H,22,23,24)/t12-,15+/m0/s1. The summed E-state index contributed by atoms with van der Waals surface area (Å²) in [4.78, 5) is 29.7. The van der Waals surface area contributed by atoms with E-state index in [-0.39, 0.29) is 29.6 Å². The zero-order chi connectivity index (χ0) is 20.7. The maximum Gasteiger partial charge on any atom is 0.378 e. The molecule has 2 atom stereocenters. The molecule has 0 aliphatic rings. The Hall–Kier alpha value is -2.06. The number of carbonyl (C=O) groups excluding carboxylic acids is 2. The summed E-state index contributed by atoms with van der Waals surface area (Å²) in [6, 6.07) is 6.97. The lowest BCUT2D eigenvalue weighted by Gasteiger charge is -2.20. The molecule has 1 aromatic carbocycles. The van der Waals surface area contributed by atoms with Crippen molar-refractivity contribution in [1.29, 1.82) is 0 Å². The molecule has 0 saturated heterocycles. The number of nitrogens with zero attached hydrogens (tertiary/aromatic N) is 2. The van der Waals surface area contributed by atoms with Gasteiger partial charge in [-0.25, -0.2) is 9.78 Å². The van der Waals surface area contributed by atoms with Crippen LogP contribution in [-0.4, -0.2) is 38.9 Å². The number of carbonyl (C=O) groups is 2. The van der Waals surface area contributed by atoms with Crippen molar-refractivity contribution in [1.82, 2.24) is 20.5 Å². The molecule has 0 spiro atoms. The lowest BCUT2D eigenvalue weighted by molar-refractivity contribution is -0.121. The van der Waals surface area contributed by atoms with Crippen LogP contribution in [0.15, 0.2) is 29.2 Å². The third-order valence-corrected chi connectivity index (χ3v) is 5.17. The Kier molecular flexibility index (Phi) is 8.32. The number of rotatable bonds is 9. The van der Waals surface area contributed by atoms with Gasteiger partial charge in [0.05, 0.1) is 17.9 Å². The maximum absolute atomic E-state index is 12.7. The third-order valence-electron chi connectivity index (χ3n) is 3.81. The van der Waals surface area contributed by atoms with Crippen LogP contribution in [-0.2, 0) is 9.53 Å². The Morgan fingerprint density at radius 3 is 2.54 bits per heavy atom. The first-order valence-electron chi connectivity index (χ1n) is 9.12. The zero-order valence-corrected chi connectivity index (χ0v) is 17.9. The lowest BCUT2D eigenvalue weighted by Crippen LogP contribution is -2.35. The summed E-state index contributed by atoms with van der Waals surface area (Å²) >= 11 is 7.34. The van der Waals surface area contributed by atoms with Gasteiger partial charge >= 0.3 is 5.97 Å². The zero-order valence-electron chi connectivity index (χ0n) is 16.4. The van der Waals surface area contributed by atoms with Gasteiger partial charge in [-0.15, -0.1) is 16.9 Å². The summed E-state index contributed by atoms with van der Waals surface area (Å²) in [6.07, 6.45) is 0.654. The second kappa shape index (κ2) is 10.5. The molecular weight excluding hydrogens is 400 g/mol. The molecule has 0 unspecified atom stereocenters. The molecule has 0 aliphatic heterocycles. The number of ether oxygens (including phenoxy) is 1. The van der Waals surface area contributed by atoms with E-state index in [0.29, 0.717) is 23.2 Å². The van der Waals surface area contributed by atoms with Gasteiger partial charge < -0.3 is 10.1 Å². The molecule has 0 fully saturated rings. The largest absolute Gasteiger partial charge is 0.460 e. The molecule has 1 amide bonds. The van der Waals surface area contributed by atoms with Gasteiger partial charge in [-0.3, -0.25) is 9.89 Å². The van der Waals surface area contributed by atoms with Crippen molar-refractivity contribution in [3.8, 4) is 0 Å². The average molecular weight is 425 g/mol. The summed E-state index contributed by atoms with van der Waals surface area (Å²) < 4.78 is 4.91. The van der Waals surface area contributed by atoms with Gasteiger partial charge in [0.25, 0.3) is 5.82 Å². The van der Waals surface area contributed by atoms with E-state index in [0.717, 1.165) is 4.90 Å². The number of aromatic nitrogens is 3. The SMILES string of the molecule is CCOC(=O)c1n[nH]c([C@@H](CC(C)C)NC(=O)[C@H](C)Sc2ccc(Cl)cc2)n1. The van der Waals surface area contributed by atoms with Crippen LogP contribution >= 0.6 is 23.4 Å². The number of aromatic amines is 1. The highest BCUT2D eigenvalue weighted by Gasteiger charge is 2.25. The fraction of sp³-hybridized carbons (Fsp3) is 0.474. The Morgan fingerprint density at radius 2 is 1.93 bits per heavy atom. The van der Waals surface area contributed by atoms with Gasteiger partial charge in [0.2, 0.25) is 5.91 Å². The quantitative estimate of drug-likeness (QED) is 0.466. The molecule has 7 nitrogen and oxygen atoms in total. The predicted molar refractivity (Wildman–Crippen MR) is 109 cm³/mol. The first-order chi connectivity index (χ1) is 13.3. The van der Waals surface area contributed by atoms with Crippen LogP contribution in [0.25, 0.3) is 0 Å². The van der Waals surface area contributed by atoms with Crippen LogP contribution in [0.1, 0.15) is 56.6 Å². The van der Waals surface area contributed by atoms with Crippen molar-refractivity contribution in [3.05, 3.63) is 40.9 Å². The number of nitrogens with one attached hydrogen (secondary N) is 2. The maximum atomic E-state index is 12.7. The molecule has 9 heteroatoms. The van der Waals surface area contributed by atoms with Gasteiger partial charge in [-0.2, -0.15) is 0 Å². The minimum absolute atomic E-state index is 0.0385. The Morgan fingerprint density at radius 1 is 1.25 bits per heavy atom. The molecule has 0 saturated carbocycles. The Labute approximate surface area is 174 Å². The second-order valence-corrected chi connectivity index (χ2v) is 8.52. The number of halogens is 1. The molecule has 152 valence electrons. The molecule has 0 aliphatic carbocycles. The summed E-state index contributed by atoms with van der Waals surface area (Å²) in [7, 11) is 0. The number of H-pyrrole nitrogens is 1. The van der Waals surface area contributed by atoms with Crippen LogP contribution < -0.4 is 5.32 Å². The van der Waals surface area contributed by atoms with Gasteiger partial charge in [0.1, 0.15) is 5.82 Å². The van der Waals surface area contributed by atoms with E-state index in [1.165, 1.54) is 11.8 Å². The number of benzene rings is 1. The minimum atomic E-state index is -0.591. The van der Waals surface area contributed by atoms with Crippen LogP contribution in [0.4, 0.5) is 0 Å². The average Bonchev–Trinajstić information content (AvgIpc) is 3.13. The van der Waals surface area contributed by atoms with Crippen LogP contribution in [0, 0.1) is 5.92 Å². The van der Waals surface area contributed by atoms with Crippen molar-refractivity contribution >= 4 is 35.2 Å². The molecule has 2 N–H and O–H groups in total.